The summed E-state index contributed by atoms with van der Waals surface area (Å²) in [6, 6.07) is 8.69. The maximum absolute atomic E-state index is 6.03. The Balaban J connectivity index is 1.95. The van der Waals surface area contributed by atoms with E-state index in [0.29, 0.717) is 6.04 Å². The second kappa shape index (κ2) is 11.5. The predicted molar refractivity (Wildman–Crippen MR) is 114 cm³/mol. The zero-order valence-corrected chi connectivity index (χ0v) is 17.8. The van der Waals surface area contributed by atoms with Crippen LogP contribution in [0.5, 0.6) is 0 Å². The van der Waals surface area contributed by atoms with E-state index in [4.69, 9.17) is 21.3 Å². The molecule has 0 saturated carbocycles. The lowest BCUT2D eigenvalue weighted by atomic mass is 10.1. The molecule has 1 aliphatic rings. The van der Waals surface area contributed by atoms with Gasteiger partial charge in [-0.15, -0.1) is 0 Å². The van der Waals surface area contributed by atoms with Gasteiger partial charge >= 0.3 is 0 Å². The van der Waals surface area contributed by atoms with Crippen LogP contribution in [0.15, 0.2) is 29.3 Å². The van der Waals surface area contributed by atoms with Crippen molar-refractivity contribution < 1.29 is 4.74 Å². The molecule has 2 N–H and O–H groups in total. The fourth-order valence-corrected chi connectivity index (χ4v) is 3.30. The molecule has 2 unspecified atom stereocenters. The minimum absolute atomic E-state index is 0.239. The molecule has 1 aromatic rings. The van der Waals surface area contributed by atoms with Gasteiger partial charge in [-0.3, -0.25) is 9.89 Å². The summed E-state index contributed by atoms with van der Waals surface area (Å²) in [5.41, 5.74) is 1.23. The summed E-state index contributed by atoms with van der Waals surface area (Å²) in [4.78, 5) is 9.44. The average molecular weight is 396 g/mol. The van der Waals surface area contributed by atoms with Crippen LogP contribution < -0.4 is 10.6 Å². The normalized spacial score (nSPS) is 18.4. The highest BCUT2D eigenvalue weighted by atomic mass is 35.5. The summed E-state index contributed by atoms with van der Waals surface area (Å²) in [6.45, 7) is 10.3. The van der Waals surface area contributed by atoms with Crippen LogP contribution in [0.3, 0.4) is 0 Å². The minimum atomic E-state index is 0.239. The van der Waals surface area contributed by atoms with Gasteiger partial charge in [0.15, 0.2) is 5.96 Å². The van der Waals surface area contributed by atoms with Gasteiger partial charge in [0.25, 0.3) is 0 Å². The van der Waals surface area contributed by atoms with E-state index in [1.54, 1.807) is 0 Å². The maximum Gasteiger partial charge on any atom is 0.191 e. The van der Waals surface area contributed by atoms with Gasteiger partial charge in [0.1, 0.15) is 0 Å². The highest BCUT2D eigenvalue weighted by molar-refractivity contribution is 6.30. The molecule has 6 nitrogen and oxygen atoms in total. The average Bonchev–Trinajstić information content (AvgIpc) is 2.67. The Kier molecular flexibility index (Phi) is 9.34. The summed E-state index contributed by atoms with van der Waals surface area (Å²) in [6.07, 6.45) is 0. The summed E-state index contributed by atoms with van der Waals surface area (Å²) < 4.78 is 5.44. The van der Waals surface area contributed by atoms with E-state index in [-0.39, 0.29) is 6.04 Å². The first-order valence-electron chi connectivity index (χ1n) is 9.77. The zero-order valence-electron chi connectivity index (χ0n) is 17.0. The molecule has 1 aromatic carbocycles. The largest absolute Gasteiger partial charge is 0.379 e. The van der Waals surface area contributed by atoms with E-state index in [9.17, 15) is 0 Å². The molecule has 0 bridgehead atoms. The Bertz CT molecular complexity index is 572. The number of hydrogen-bond acceptors (Lipinski definition) is 4. The summed E-state index contributed by atoms with van der Waals surface area (Å²) in [7, 11) is 4.18. The second-order valence-electron chi connectivity index (χ2n) is 7.13. The summed E-state index contributed by atoms with van der Waals surface area (Å²) >= 11 is 6.03. The first-order chi connectivity index (χ1) is 13.0. The van der Waals surface area contributed by atoms with Crippen molar-refractivity contribution in [1.29, 1.82) is 0 Å². The van der Waals surface area contributed by atoms with Crippen molar-refractivity contribution in [2.24, 2.45) is 4.99 Å². The van der Waals surface area contributed by atoms with Crippen molar-refractivity contribution >= 4 is 17.6 Å². The van der Waals surface area contributed by atoms with E-state index < -0.39 is 0 Å². The number of hydrogen-bond donors (Lipinski definition) is 2. The van der Waals surface area contributed by atoms with E-state index in [0.717, 1.165) is 56.9 Å². The van der Waals surface area contributed by atoms with E-state index in [1.807, 2.05) is 12.1 Å². The Labute approximate surface area is 168 Å². The van der Waals surface area contributed by atoms with Gasteiger partial charge in [0.2, 0.25) is 0 Å². The highest BCUT2D eigenvalue weighted by Crippen LogP contribution is 2.19. The van der Waals surface area contributed by atoms with Crippen molar-refractivity contribution in [3.05, 3.63) is 34.9 Å². The summed E-state index contributed by atoms with van der Waals surface area (Å²) in [5, 5.41) is 7.61. The van der Waals surface area contributed by atoms with Gasteiger partial charge in [-0.1, -0.05) is 23.7 Å². The lowest BCUT2D eigenvalue weighted by Crippen LogP contribution is -2.45. The van der Waals surface area contributed by atoms with E-state index in [2.05, 4.69) is 60.5 Å². The van der Waals surface area contributed by atoms with E-state index >= 15 is 0 Å². The molecule has 27 heavy (non-hydrogen) atoms. The van der Waals surface area contributed by atoms with Crippen LogP contribution in [0.4, 0.5) is 0 Å². The molecule has 0 aliphatic carbocycles. The number of nitrogens with one attached hydrogen (secondary N) is 2. The van der Waals surface area contributed by atoms with Crippen LogP contribution in [0.1, 0.15) is 25.5 Å². The molecular weight excluding hydrogens is 362 g/mol. The van der Waals surface area contributed by atoms with Gasteiger partial charge in [0.05, 0.1) is 25.8 Å². The van der Waals surface area contributed by atoms with Crippen LogP contribution >= 0.6 is 11.6 Å². The van der Waals surface area contributed by atoms with Crippen molar-refractivity contribution in [2.45, 2.75) is 25.9 Å². The molecule has 2 atom stereocenters. The lowest BCUT2D eigenvalue weighted by Gasteiger charge is -2.31. The van der Waals surface area contributed by atoms with Gasteiger partial charge in [0, 0.05) is 37.2 Å². The molecule has 1 aliphatic heterocycles. The van der Waals surface area contributed by atoms with E-state index in [1.165, 1.54) is 5.56 Å². The molecule has 2 rings (SSSR count). The number of guanidine groups is 1. The van der Waals surface area contributed by atoms with Crippen molar-refractivity contribution in [3.63, 3.8) is 0 Å². The minimum Gasteiger partial charge on any atom is -0.379 e. The standard InChI is InChI=1S/C20H34ClN5O/c1-5-22-20(23-14-16(2)26-10-12-27-13-11-26)24-15-19(25(3)4)17-6-8-18(21)9-7-17/h6-9,16,19H,5,10-15H2,1-4H3,(H2,22,23,24). The van der Waals surface area contributed by atoms with Gasteiger partial charge in [-0.25, -0.2) is 0 Å². The first kappa shape index (κ1) is 22.0. The Morgan fingerprint density at radius 3 is 2.48 bits per heavy atom. The zero-order chi connectivity index (χ0) is 19.6. The number of aliphatic imine (C=N–C) groups is 1. The van der Waals surface area contributed by atoms with Crippen molar-refractivity contribution in [3.8, 4) is 0 Å². The molecular formula is C20H34ClN5O. The summed E-state index contributed by atoms with van der Waals surface area (Å²) in [5.74, 6) is 0.860. The Morgan fingerprint density at radius 1 is 1.22 bits per heavy atom. The third-order valence-electron chi connectivity index (χ3n) is 4.87. The quantitative estimate of drug-likeness (QED) is 0.522. The van der Waals surface area contributed by atoms with Gasteiger partial charge in [-0.2, -0.15) is 0 Å². The first-order valence-corrected chi connectivity index (χ1v) is 10.1. The molecule has 152 valence electrons. The Morgan fingerprint density at radius 2 is 1.89 bits per heavy atom. The molecule has 1 heterocycles. The van der Waals surface area contributed by atoms with Crippen molar-refractivity contribution in [2.75, 3.05) is 60.0 Å². The second-order valence-corrected chi connectivity index (χ2v) is 7.57. The number of nitrogens with zero attached hydrogens (tertiary/aromatic N) is 3. The van der Waals surface area contributed by atoms with Crippen LogP contribution in [0.25, 0.3) is 0 Å². The predicted octanol–water partition coefficient (Wildman–Crippen LogP) is 2.22. The lowest BCUT2D eigenvalue weighted by molar-refractivity contribution is 0.0220. The number of morpholine rings is 1. The SMILES string of the molecule is CCNC(=NCC(C)N1CCOCC1)NCC(c1ccc(Cl)cc1)N(C)C. The number of rotatable bonds is 8. The van der Waals surface area contributed by atoms with Crippen LogP contribution in [0.2, 0.25) is 5.02 Å². The molecule has 0 aromatic heterocycles. The third-order valence-corrected chi connectivity index (χ3v) is 5.12. The molecule has 7 heteroatoms. The fraction of sp³-hybridized carbons (Fsp3) is 0.650. The molecule has 0 amide bonds. The molecule has 0 radical (unpaired) electrons. The Hall–Kier alpha value is -1.34. The fourth-order valence-electron chi connectivity index (χ4n) is 3.18. The molecule has 1 fully saturated rings. The number of halogens is 1. The number of benzene rings is 1. The maximum atomic E-state index is 6.03. The van der Waals surface area contributed by atoms with Gasteiger partial charge in [-0.05, 0) is 45.6 Å². The molecule has 0 spiro atoms. The monoisotopic (exact) mass is 395 g/mol. The third kappa shape index (κ3) is 7.30. The number of likely N-dealkylation sites (N-methyl/N-ethyl adjacent to an activating group) is 1. The topological polar surface area (TPSA) is 52.1 Å². The van der Waals surface area contributed by atoms with Crippen molar-refractivity contribution in [1.82, 2.24) is 20.4 Å². The van der Waals surface area contributed by atoms with Crippen LogP contribution in [-0.2, 0) is 4.74 Å². The van der Waals surface area contributed by atoms with Crippen LogP contribution in [0, 0.1) is 0 Å². The smallest absolute Gasteiger partial charge is 0.191 e. The van der Waals surface area contributed by atoms with Crippen LogP contribution in [-0.4, -0.2) is 81.8 Å². The van der Waals surface area contributed by atoms with Gasteiger partial charge < -0.3 is 20.3 Å². The number of ether oxygens (including phenoxy) is 1. The molecule has 1 saturated heterocycles. The highest BCUT2D eigenvalue weighted by Gasteiger charge is 2.17.